The number of carbonyl (C=O) groups excluding carboxylic acids is 1. The van der Waals surface area contributed by atoms with Gasteiger partial charge in [-0.2, -0.15) is 4.98 Å². The van der Waals surface area contributed by atoms with Crippen molar-refractivity contribution >= 4 is 33.4 Å². The van der Waals surface area contributed by atoms with Crippen LogP contribution in [-0.2, 0) is 10.0 Å². The number of aromatic hydroxyl groups is 2. The Morgan fingerprint density at radius 1 is 1.03 bits per heavy atom. The minimum atomic E-state index is -3.80. The van der Waals surface area contributed by atoms with Crippen molar-refractivity contribution in [2.24, 2.45) is 5.14 Å². The molecule has 12 heteroatoms. The molecule has 1 radical (unpaired) electrons. The fourth-order valence-corrected chi connectivity index (χ4v) is 2.77. The molecule has 155 valence electrons. The molecule has 3 aromatic rings. The van der Waals surface area contributed by atoms with Crippen LogP contribution in [0.1, 0.15) is 5.56 Å². The normalized spacial score (nSPS) is 11.0. The molecule has 0 spiro atoms. The van der Waals surface area contributed by atoms with E-state index >= 15 is 0 Å². The minimum absolute atomic E-state index is 0.0254. The Morgan fingerprint density at radius 3 is 2.30 bits per heavy atom. The standard InChI is InChI=1S/C18H17N6O5S/c19-30(28,29)14-7-3-12(4-8-14)22-17-20-10-15(16(26)24-17)23-18(27)21-9-11-1-5-13(25)6-2-11/h1-10,25H,(H2,19,28,29)(H2,21,23,27)(H2,20,22,24,26). The summed E-state index contributed by atoms with van der Waals surface area (Å²) in [7, 11) is -3.80. The number of hydrogen-bond donors (Lipinski definition) is 6. The van der Waals surface area contributed by atoms with Crippen molar-refractivity contribution in [2.75, 3.05) is 10.6 Å². The summed E-state index contributed by atoms with van der Waals surface area (Å²) in [6, 6.07) is 11.0. The molecule has 0 aliphatic heterocycles. The number of phenols is 1. The van der Waals surface area contributed by atoms with E-state index in [2.05, 4.69) is 25.9 Å². The van der Waals surface area contributed by atoms with Crippen molar-refractivity contribution in [3.63, 3.8) is 0 Å². The molecule has 0 aliphatic rings. The van der Waals surface area contributed by atoms with Crippen molar-refractivity contribution in [2.45, 2.75) is 4.90 Å². The van der Waals surface area contributed by atoms with Gasteiger partial charge < -0.3 is 26.2 Å². The van der Waals surface area contributed by atoms with Crippen LogP contribution in [0.3, 0.4) is 0 Å². The molecule has 0 atom stereocenters. The topological polar surface area (TPSA) is 180 Å². The molecule has 11 nitrogen and oxygen atoms in total. The second kappa shape index (κ2) is 8.63. The van der Waals surface area contributed by atoms with Gasteiger partial charge >= 0.3 is 6.03 Å². The second-order valence-corrected chi connectivity index (χ2v) is 7.52. The first-order valence-corrected chi connectivity index (χ1v) is 9.91. The van der Waals surface area contributed by atoms with E-state index in [9.17, 15) is 23.4 Å². The summed E-state index contributed by atoms with van der Waals surface area (Å²) in [6.45, 7) is 1.41. The molecule has 2 amide bonds. The van der Waals surface area contributed by atoms with Gasteiger partial charge in [0.15, 0.2) is 0 Å². The average molecular weight is 429 g/mol. The lowest BCUT2D eigenvalue weighted by atomic mass is 10.2. The number of nitrogens with two attached hydrogens (primary N) is 1. The third kappa shape index (κ3) is 5.56. The van der Waals surface area contributed by atoms with E-state index in [0.29, 0.717) is 11.3 Å². The number of primary sulfonamides is 1. The predicted octanol–water partition coefficient (Wildman–Crippen LogP) is 1.61. The van der Waals surface area contributed by atoms with Crippen molar-refractivity contribution in [3.8, 4) is 11.6 Å². The van der Waals surface area contributed by atoms with E-state index in [1.807, 2.05) is 0 Å². The summed E-state index contributed by atoms with van der Waals surface area (Å²) in [5, 5.41) is 31.9. The molecule has 7 N–H and O–H groups in total. The molecule has 2 aromatic carbocycles. The molecule has 0 fully saturated rings. The highest BCUT2D eigenvalue weighted by atomic mass is 32.2. The lowest BCUT2D eigenvalue weighted by Gasteiger charge is -2.10. The largest absolute Gasteiger partial charge is 0.508 e. The Bertz CT molecular complexity index is 1150. The Kier molecular flexibility index (Phi) is 5.99. The van der Waals surface area contributed by atoms with Crippen LogP contribution in [0, 0.1) is 6.54 Å². The molecule has 0 saturated carbocycles. The van der Waals surface area contributed by atoms with Crippen LogP contribution in [-0.4, -0.2) is 34.6 Å². The highest BCUT2D eigenvalue weighted by molar-refractivity contribution is 7.89. The molecule has 0 unspecified atom stereocenters. The summed E-state index contributed by atoms with van der Waals surface area (Å²) in [5.74, 6) is -0.348. The number of hydrogen-bond acceptors (Lipinski definition) is 8. The van der Waals surface area contributed by atoms with Gasteiger partial charge in [-0.25, -0.2) is 23.3 Å². The van der Waals surface area contributed by atoms with Gasteiger partial charge in [0.05, 0.1) is 17.6 Å². The molecule has 30 heavy (non-hydrogen) atoms. The third-order valence-electron chi connectivity index (χ3n) is 3.72. The average Bonchev–Trinajstić information content (AvgIpc) is 2.69. The molecule has 0 saturated heterocycles. The number of rotatable bonds is 6. The fourth-order valence-electron chi connectivity index (χ4n) is 2.26. The first-order chi connectivity index (χ1) is 14.2. The SMILES string of the molecule is NS(=O)(=O)c1ccc(Nc2ncc(NC(=O)N[CH]c3ccc(O)cc3)c(O)n2)cc1. The number of aromatic nitrogens is 2. The third-order valence-corrected chi connectivity index (χ3v) is 4.65. The number of nitrogens with zero attached hydrogens (tertiary/aromatic N) is 2. The van der Waals surface area contributed by atoms with E-state index in [4.69, 9.17) is 5.14 Å². The lowest BCUT2D eigenvalue weighted by Crippen LogP contribution is -2.27. The number of phenolic OH excluding ortho intramolecular Hbond substituents is 1. The molecule has 0 aliphatic carbocycles. The van der Waals surface area contributed by atoms with Gasteiger partial charge in [0.25, 0.3) is 0 Å². The highest BCUT2D eigenvalue weighted by Crippen LogP contribution is 2.23. The lowest BCUT2D eigenvalue weighted by molar-refractivity contribution is 0.254. The maximum absolute atomic E-state index is 11.9. The minimum Gasteiger partial charge on any atom is -0.508 e. The highest BCUT2D eigenvalue weighted by Gasteiger charge is 2.11. The van der Waals surface area contributed by atoms with Crippen LogP contribution in [0.2, 0.25) is 0 Å². The first kappa shape index (κ1) is 20.8. The van der Waals surface area contributed by atoms with E-state index < -0.39 is 21.9 Å². The van der Waals surface area contributed by atoms with E-state index in [1.54, 1.807) is 12.1 Å². The van der Waals surface area contributed by atoms with Gasteiger partial charge in [-0.3, -0.25) is 0 Å². The Labute approximate surface area is 171 Å². The summed E-state index contributed by atoms with van der Waals surface area (Å²) < 4.78 is 22.5. The summed E-state index contributed by atoms with van der Waals surface area (Å²) in [6.07, 6.45) is 1.20. The van der Waals surface area contributed by atoms with Crippen molar-refractivity contribution in [1.29, 1.82) is 0 Å². The number of nitrogens with one attached hydrogen (secondary N) is 3. The van der Waals surface area contributed by atoms with Crippen LogP contribution in [0.25, 0.3) is 0 Å². The Hall–Kier alpha value is -3.90. The number of amides is 2. The van der Waals surface area contributed by atoms with Crippen molar-refractivity contribution < 1.29 is 23.4 Å². The van der Waals surface area contributed by atoms with Gasteiger partial charge in [-0.1, -0.05) is 12.1 Å². The first-order valence-electron chi connectivity index (χ1n) is 8.36. The van der Waals surface area contributed by atoms with Gasteiger partial charge in [0.2, 0.25) is 21.9 Å². The molecule has 0 bridgehead atoms. The van der Waals surface area contributed by atoms with Crippen LogP contribution in [0.5, 0.6) is 11.6 Å². The molecular formula is C18H17N6O5S. The van der Waals surface area contributed by atoms with Crippen LogP contribution in [0.4, 0.5) is 22.1 Å². The van der Waals surface area contributed by atoms with E-state index in [1.165, 1.54) is 49.1 Å². The summed E-state index contributed by atoms with van der Waals surface area (Å²) in [5.41, 5.74) is 1.09. The molecule has 1 heterocycles. The second-order valence-electron chi connectivity index (χ2n) is 5.96. The number of anilines is 3. The van der Waals surface area contributed by atoms with Crippen molar-refractivity contribution in [1.82, 2.24) is 15.3 Å². The number of urea groups is 1. The zero-order valence-electron chi connectivity index (χ0n) is 15.3. The van der Waals surface area contributed by atoms with Gasteiger partial charge in [0.1, 0.15) is 11.4 Å². The monoisotopic (exact) mass is 429 g/mol. The summed E-state index contributed by atoms with van der Waals surface area (Å²) in [4.78, 5) is 19.7. The predicted molar refractivity (Wildman–Crippen MR) is 108 cm³/mol. The zero-order chi connectivity index (χ0) is 21.7. The van der Waals surface area contributed by atoms with Gasteiger partial charge in [-0.05, 0) is 42.0 Å². The van der Waals surface area contributed by atoms with E-state index in [0.717, 1.165) is 0 Å². The maximum Gasteiger partial charge on any atom is 0.320 e. The van der Waals surface area contributed by atoms with Crippen LogP contribution >= 0.6 is 0 Å². The van der Waals surface area contributed by atoms with Gasteiger partial charge in [-0.15, -0.1) is 0 Å². The number of benzene rings is 2. The Balaban J connectivity index is 1.59. The molecule has 1 aromatic heterocycles. The van der Waals surface area contributed by atoms with Crippen LogP contribution < -0.4 is 21.1 Å². The molecule has 3 rings (SSSR count). The number of sulfonamides is 1. The van der Waals surface area contributed by atoms with Crippen molar-refractivity contribution in [3.05, 3.63) is 66.8 Å². The van der Waals surface area contributed by atoms with Crippen LogP contribution in [0.15, 0.2) is 59.6 Å². The smallest absolute Gasteiger partial charge is 0.320 e. The Morgan fingerprint density at radius 2 is 1.70 bits per heavy atom. The summed E-state index contributed by atoms with van der Waals surface area (Å²) >= 11 is 0. The quantitative estimate of drug-likeness (QED) is 0.342. The molecular weight excluding hydrogens is 412 g/mol. The zero-order valence-corrected chi connectivity index (χ0v) is 16.1. The fraction of sp³-hybridized carbons (Fsp3) is 0. The maximum atomic E-state index is 11.9. The van der Waals surface area contributed by atoms with Gasteiger partial charge in [0, 0.05) is 5.69 Å². The number of carbonyl (C=O) groups is 1. The van der Waals surface area contributed by atoms with E-state index in [-0.39, 0.29) is 22.3 Å².